The van der Waals surface area contributed by atoms with Crippen LogP contribution in [0.4, 0.5) is 0 Å². The second-order valence-electron chi connectivity index (χ2n) is 5.36. The number of rotatable bonds is 6. The maximum atomic E-state index is 12.3. The molecule has 1 aliphatic rings. The molecule has 1 aromatic carbocycles. The maximum absolute atomic E-state index is 12.3. The topological polar surface area (TPSA) is 55.4 Å². The van der Waals surface area contributed by atoms with E-state index in [1.165, 1.54) is 6.92 Å². The van der Waals surface area contributed by atoms with Crippen LogP contribution in [0.25, 0.3) is 0 Å². The van der Waals surface area contributed by atoms with Crippen molar-refractivity contribution in [2.24, 2.45) is 0 Å². The van der Waals surface area contributed by atoms with E-state index in [9.17, 15) is 9.59 Å². The molecular weight excluding hydrogens is 278 g/mol. The summed E-state index contributed by atoms with van der Waals surface area (Å²) in [4.78, 5) is 23.4. The van der Waals surface area contributed by atoms with Crippen LogP contribution in [0.1, 0.15) is 24.8 Å². The molecule has 0 saturated carbocycles. The van der Waals surface area contributed by atoms with Crippen LogP contribution in [-0.2, 0) is 14.3 Å². The van der Waals surface area contributed by atoms with E-state index in [0.717, 1.165) is 12.0 Å². The first-order chi connectivity index (χ1) is 10.6. The molecular formula is C18H21NO3. The number of benzene rings is 1. The molecule has 0 saturated heterocycles. The summed E-state index contributed by atoms with van der Waals surface area (Å²) in [6, 6.07) is 9.32. The van der Waals surface area contributed by atoms with Crippen LogP contribution in [0.5, 0.6) is 0 Å². The van der Waals surface area contributed by atoms with Crippen LogP contribution < -0.4 is 5.32 Å². The van der Waals surface area contributed by atoms with Crippen LogP contribution in [0.3, 0.4) is 0 Å². The molecule has 1 heterocycles. The summed E-state index contributed by atoms with van der Waals surface area (Å²) in [5.74, 6) is -0.557. The highest BCUT2D eigenvalue weighted by Crippen LogP contribution is 2.24. The van der Waals surface area contributed by atoms with Crippen molar-refractivity contribution < 1.29 is 14.3 Å². The van der Waals surface area contributed by atoms with Crippen molar-refractivity contribution in [3.63, 3.8) is 0 Å². The zero-order valence-corrected chi connectivity index (χ0v) is 12.7. The summed E-state index contributed by atoms with van der Waals surface area (Å²) in [7, 11) is 0. The van der Waals surface area contributed by atoms with E-state index in [1.807, 2.05) is 42.5 Å². The lowest BCUT2D eigenvalue weighted by Gasteiger charge is -2.31. The molecule has 116 valence electrons. The highest BCUT2D eigenvalue weighted by Gasteiger charge is 2.32. The zero-order valence-electron chi connectivity index (χ0n) is 12.7. The van der Waals surface area contributed by atoms with Crippen LogP contribution >= 0.6 is 0 Å². The standard InChI is InChI=1S/C18H21NO3/c1-3-7-15-10-11-17(21)18(19-15)16(12-22-13(2)20)14-8-5-4-6-9-14/h3-6,8-11,15-16,18-19H,1,7,12H2,2H3/t15?,16-,18-/m1/s1. The van der Waals surface area contributed by atoms with Gasteiger partial charge in [-0.1, -0.05) is 42.5 Å². The summed E-state index contributed by atoms with van der Waals surface area (Å²) in [6.45, 7) is 5.28. The minimum absolute atomic E-state index is 0.00122. The van der Waals surface area contributed by atoms with Crippen molar-refractivity contribution in [3.05, 3.63) is 60.7 Å². The van der Waals surface area contributed by atoms with E-state index in [4.69, 9.17) is 4.74 Å². The van der Waals surface area contributed by atoms with Crippen molar-refractivity contribution in [1.29, 1.82) is 0 Å². The van der Waals surface area contributed by atoms with Crippen molar-refractivity contribution in [1.82, 2.24) is 5.32 Å². The smallest absolute Gasteiger partial charge is 0.302 e. The molecule has 0 aromatic heterocycles. The van der Waals surface area contributed by atoms with Gasteiger partial charge in [0.1, 0.15) is 6.61 Å². The van der Waals surface area contributed by atoms with E-state index in [1.54, 1.807) is 6.08 Å². The van der Waals surface area contributed by atoms with Crippen molar-refractivity contribution in [2.75, 3.05) is 6.61 Å². The first-order valence-corrected chi connectivity index (χ1v) is 7.39. The minimum atomic E-state index is -0.406. The molecule has 4 nitrogen and oxygen atoms in total. The molecule has 0 spiro atoms. The molecule has 1 unspecified atom stereocenters. The monoisotopic (exact) mass is 299 g/mol. The van der Waals surface area contributed by atoms with Gasteiger partial charge in [0, 0.05) is 18.9 Å². The normalized spacial score (nSPS) is 22.1. The molecule has 2 rings (SSSR count). The number of ketones is 1. The van der Waals surface area contributed by atoms with Crippen LogP contribution in [-0.4, -0.2) is 30.4 Å². The third-order valence-corrected chi connectivity index (χ3v) is 3.71. The zero-order chi connectivity index (χ0) is 15.9. The second kappa shape index (κ2) is 7.71. The van der Waals surface area contributed by atoms with Gasteiger partial charge in [0.05, 0.1) is 6.04 Å². The van der Waals surface area contributed by atoms with E-state index < -0.39 is 6.04 Å². The molecule has 0 radical (unpaired) electrons. The first kappa shape index (κ1) is 16.2. The highest BCUT2D eigenvalue weighted by atomic mass is 16.5. The summed E-state index contributed by atoms with van der Waals surface area (Å²) in [5.41, 5.74) is 0.974. The molecule has 0 amide bonds. The number of esters is 1. The lowest BCUT2D eigenvalue weighted by atomic mass is 9.86. The predicted molar refractivity (Wildman–Crippen MR) is 85.5 cm³/mol. The van der Waals surface area contributed by atoms with E-state index in [2.05, 4.69) is 11.9 Å². The van der Waals surface area contributed by atoms with Crippen LogP contribution in [0, 0.1) is 0 Å². The predicted octanol–water partition coefficient (Wildman–Crippen LogP) is 2.38. The number of hydrogen-bond donors (Lipinski definition) is 1. The molecule has 0 bridgehead atoms. The fourth-order valence-corrected chi connectivity index (χ4v) is 2.62. The van der Waals surface area contributed by atoms with E-state index in [-0.39, 0.29) is 30.3 Å². The number of carbonyl (C=O) groups is 2. The Morgan fingerprint density at radius 2 is 2.14 bits per heavy atom. The fourth-order valence-electron chi connectivity index (χ4n) is 2.62. The lowest BCUT2D eigenvalue weighted by molar-refractivity contribution is -0.142. The molecule has 0 aliphatic carbocycles. The van der Waals surface area contributed by atoms with Gasteiger partial charge in [-0.3, -0.25) is 14.9 Å². The maximum Gasteiger partial charge on any atom is 0.302 e. The minimum Gasteiger partial charge on any atom is -0.465 e. The van der Waals surface area contributed by atoms with Crippen molar-refractivity contribution in [3.8, 4) is 0 Å². The Balaban J connectivity index is 2.23. The van der Waals surface area contributed by atoms with Gasteiger partial charge in [0.25, 0.3) is 0 Å². The van der Waals surface area contributed by atoms with Crippen LogP contribution in [0.15, 0.2) is 55.1 Å². The molecule has 3 atom stereocenters. The first-order valence-electron chi connectivity index (χ1n) is 7.39. The Hall–Kier alpha value is -2.20. The van der Waals surface area contributed by atoms with Gasteiger partial charge in [0.15, 0.2) is 5.78 Å². The fraction of sp³-hybridized carbons (Fsp3) is 0.333. The molecule has 0 fully saturated rings. The third kappa shape index (κ3) is 4.15. The Bertz CT molecular complexity index is 565. The number of carbonyl (C=O) groups excluding carboxylic acids is 2. The largest absolute Gasteiger partial charge is 0.465 e. The quantitative estimate of drug-likeness (QED) is 0.647. The third-order valence-electron chi connectivity index (χ3n) is 3.71. The second-order valence-corrected chi connectivity index (χ2v) is 5.36. The van der Waals surface area contributed by atoms with E-state index in [0.29, 0.717) is 0 Å². The summed E-state index contributed by atoms with van der Waals surface area (Å²) < 4.78 is 5.18. The van der Waals surface area contributed by atoms with Crippen molar-refractivity contribution >= 4 is 11.8 Å². The van der Waals surface area contributed by atoms with Crippen molar-refractivity contribution in [2.45, 2.75) is 31.3 Å². The molecule has 1 aliphatic heterocycles. The van der Waals surface area contributed by atoms with Gasteiger partial charge in [-0.15, -0.1) is 6.58 Å². The Kier molecular flexibility index (Phi) is 5.67. The SMILES string of the molecule is C=CCC1C=CC(=O)[C@@H]([C@H](COC(C)=O)c2ccccc2)N1. The van der Waals surface area contributed by atoms with Gasteiger partial charge < -0.3 is 4.74 Å². The highest BCUT2D eigenvalue weighted by molar-refractivity contribution is 5.96. The Morgan fingerprint density at radius 3 is 2.77 bits per heavy atom. The number of ether oxygens (including phenoxy) is 1. The molecule has 4 heteroatoms. The van der Waals surface area contributed by atoms with E-state index >= 15 is 0 Å². The van der Waals surface area contributed by atoms with Gasteiger partial charge >= 0.3 is 5.97 Å². The summed E-state index contributed by atoms with van der Waals surface area (Å²) >= 11 is 0. The summed E-state index contributed by atoms with van der Waals surface area (Å²) in [6.07, 6.45) is 6.03. The Morgan fingerprint density at radius 1 is 1.41 bits per heavy atom. The average molecular weight is 299 g/mol. The van der Waals surface area contributed by atoms with Gasteiger partial charge in [0.2, 0.25) is 0 Å². The summed E-state index contributed by atoms with van der Waals surface area (Å²) in [5, 5.41) is 3.33. The molecule has 1 N–H and O–H groups in total. The Labute approximate surface area is 130 Å². The average Bonchev–Trinajstić information content (AvgIpc) is 2.51. The van der Waals surface area contributed by atoms with Gasteiger partial charge in [-0.05, 0) is 18.1 Å². The number of nitrogens with one attached hydrogen (secondary N) is 1. The number of hydrogen-bond acceptors (Lipinski definition) is 4. The molecule has 1 aromatic rings. The van der Waals surface area contributed by atoms with Crippen LogP contribution in [0.2, 0.25) is 0 Å². The lowest BCUT2D eigenvalue weighted by Crippen LogP contribution is -2.49. The van der Waals surface area contributed by atoms with Gasteiger partial charge in [-0.25, -0.2) is 0 Å². The molecule has 22 heavy (non-hydrogen) atoms. The van der Waals surface area contributed by atoms with Gasteiger partial charge in [-0.2, -0.15) is 0 Å².